The Hall–Kier alpha value is -2.05. The molecule has 0 aromatic heterocycles. The Kier molecular flexibility index (Phi) is 8.25. The molecule has 1 fully saturated rings. The maximum absolute atomic E-state index is 13.7. The highest BCUT2D eigenvalue weighted by Gasteiger charge is 2.68. The van der Waals surface area contributed by atoms with Crippen molar-refractivity contribution < 1.29 is 71.9 Å². The molecular weight excluding hydrogens is 494 g/mol. The maximum Gasteiger partial charge on any atom is 0.466 e. The molecule has 0 bridgehead atoms. The molecule has 32 heavy (non-hydrogen) atoms. The molecule has 0 aliphatic carbocycles. The minimum absolute atomic E-state index is 0.310. The summed E-state index contributed by atoms with van der Waals surface area (Å²) in [5.74, 6) is -17.5. The Morgan fingerprint density at radius 2 is 1.56 bits per heavy atom. The first-order valence-electron chi connectivity index (χ1n) is 8.17. The summed E-state index contributed by atoms with van der Waals surface area (Å²) in [6.07, 6.45) is -8.63. The maximum atomic E-state index is 13.7. The van der Waals surface area contributed by atoms with Crippen LogP contribution in [0.4, 0.5) is 35.1 Å². The average Bonchev–Trinajstić information content (AvgIpc) is 2.64. The lowest BCUT2D eigenvalue weighted by atomic mass is 10.2. The number of morpholine rings is 1. The van der Waals surface area contributed by atoms with E-state index in [4.69, 9.17) is 4.74 Å². The van der Waals surface area contributed by atoms with Gasteiger partial charge in [0.15, 0.2) is 10.1 Å². The first kappa shape index (κ1) is 28.0. The fourth-order valence-corrected chi connectivity index (χ4v) is 2.68. The molecule has 1 saturated heterocycles. The molecule has 0 aromatic rings. The molecule has 0 saturated carbocycles. The van der Waals surface area contributed by atoms with Crippen LogP contribution in [0.5, 0.6) is 0 Å². The van der Waals surface area contributed by atoms with E-state index >= 15 is 0 Å². The van der Waals surface area contributed by atoms with Gasteiger partial charge in [0, 0.05) is 19.5 Å². The minimum Gasteiger partial charge on any atom is -0.743 e. The van der Waals surface area contributed by atoms with E-state index in [9.17, 15) is 57.7 Å². The van der Waals surface area contributed by atoms with Crippen LogP contribution in [-0.4, -0.2) is 85.8 Å². The van der Waals surface area contributed by atoms with Gasteiger partial charge in [-0.3, -0.25) is 4.79 Å². The van der Waals surface area contributed by atoms with Crippen molar-refractivity contribution in [3.63, 3.8) is 0 Å². The molecule has 0 N–H and O–H groups in total. The number of ether oxygens (including phenoxy) is 3. The molecule has 1 aliphatic rings. The largest absolute Gasteiger partial charge is 0.743 e. The molecule has 186 valence electrons. The third-order valence-corrected chi connectivity index (χ3v) is 4.80. The van der Waals surface area contributed by atoms with Gasteiger partial charge in [-0.15, -0.1) is 0 Å². The van der Waals surface area contributed by atoms with E-state index in [1.165, 1.54) is 0 Å². The minimum atomic E-state index is -6.96. The molecule has 18 heteroatoms. The van der Waals surface area contributed by atoms with Gasteiger partial charge >= 0.3 is 35.0 Å². The van der Waals surface area contributed by atoms with Gasteiger partial charge in [0.05, 0.1) is 19.8 Å². The van der Waals surface area contributed by atoms with Gasteiger partial charge in [-0.05, 0) is 0 Å². The predicted octanol–water partition coefficient (Wildman–Crippen LogP) is 1.31. The Balaban J connectivity index is 3.31. The molecule has 1 atom stereocenters. The van der Waals surface area contributed by atoms with Crippen molar-refractivity contribution in [2.45, 2.75) is 29.6 Å². The molecule has 0 spiro atoms. The number of amides is 1. The van der Waals surface area contributed by atoms with Crippen LogP contribution in [-0.2, 0) is 33.9 Å². The van der Waals surface area contributed by atoms with E-state index in [1.54, 1.807) is 0 Å². The summed E-state index contributed by atoms with van der Waals surface area (Å²) in [6.45, 7) is -1.56. The molecule has 1 aliphatic heterocycles. The lowest BCUT2D eigenvalue weighted by Gasteiger charge is -2.38. The first-order chi connectivity index (χ1) is 14.3. The van der Waals surface area contributed by atoms with Crippen molar-refractivity contribution in [3.05, 3.63) is 12.4 Å². The summed E-state index contributed by atoms with van der Waals surface area (Å²) in [5.41, 5.74) is 0. The molecular formula is C14H14F8NO8S-. The predicted molar refractivity (Wildman–Crippen MR) is 82.7 cm³/mol. The van der Waals surface area contributed by atoms with E-state index in [-0.39, 0.29) is 13.2 Å². The number of nitrogens with zero attached hydrogens (tertiary/aromatic N) is 1. The number of carbonyl (C=O) groups is 2. The van der Waals surface area contributed by atoms with Crippen molar-refractivity contribution >= 4 is 22.0 Å². The van der Waals surface area contributed by atoms with Crippen molar-refractivity contribution in [1.29, 1.82) is 0 Å². The molecule has 0 aromatic carbocycles. The summed E-state index contributed by atoms with van der Waals surface area (Å²) in [6, 6.07) is 0. The highest BCUT2D eigenvalue weighted by atomic mass is 32.2. The summed E-state index contributed by atoms with van der Waals surface area (Å²) >= 11 is 0. The van der Waals surface area contributed by atoms with Crippen molar-refractivity contribution in [1.82, 2.24) is 4.90 Å². The lowest BCUT2D eigenvalue weighted by molar-refractivity contribution is -0.353. The third-order valence-electron chi connectivity index (χ3n) is 3.87. The molecule has 1 heterocycles. The third kappa shape index (κ3) is 5.65. The van der Waals surface area contributed by atoms with Crippen LogP contribution in [0.25, 0.3) is 0 Å². The summed E-state index contributed by atoms with van der Waals surface area (Å²) in [7, 11) is -6.96. The monoisotopic (exact) mass is 508 g/mol. The highest BCUT2D eigenvalue weighted by molar-refractivity contribution is 7.86. The molecule has 0 radical (unpaired) electrons. The topological polar surface area (TPSA) is 122 Å². The Morgan fingerprint density at radius 1 is 1.06 bits per heavy atom. The van der Waals surface area contributed by atoms with Crippen LogP contribution in [0.1, 0.15) is 6.42 Å². The first-order valence-corrected chi connectivity index (χ1v) is 9.57. The van der Waals surface area contributed by atoms with Gasteiger partial charge in [-0.1, -0.05) is 6.58 Å². The smallest absolute Gasteiger partial charge is 0.466 e. The average molecular weight is 508 g/mol. The number of esters is 1. The summed E-state index contributed by atoms with van der Waals surface area (Å²) in [5, 5.41) is -6.26. The highest BCUT2D eigenvalue weighted by Crippen LogP contribution is 2.42. The van der Waals surface area contributed by atoms with Crippen molar-refractivity contribution in [3.8, 4) is 0 Å². The number of hydrogen-bond acceptors (Lipinski definition) is 8. The normalized spacial score (nSPS) is 18.1. The van der Waals surface area contributed by atoms with Gasteiger partial charge in [-0.2, -0.15) is 35.1 Å². The fourth-order valence-electron chi connectivity index (χ4n) is 2.21. The molecule has 9 nitrogen and oxygen atoms in total. The number of halogens is 8. The second-order valence-corrected chi connectivity index (χ2v) is 7.51. The Labute approximate surface area is 174 Å². The van der Waals surface area contributed by atoms with E-state index in [0.717, 1.165) is 0 Å². The Bertz CT molecular complexity index is 840. The number of hydrogen-bond donors (Lipinski definition) is 0. The zero-order valence-electron chi connectivity index (χ0n) is 15.6. The van der Waals surface area contributed by atoms with Gasteiger partial charge in [0.25, 0.3) is 0 Å². The van der Waals surface area contributed by atoms with Gasteiger partial charge in [0.1, 0.15) is 0 Å². The summed E-state index contributed by atoms with van der Waals surface area (Å²) in [4.78, 5) is 24.2. The fraction of sp³-hybridized carbons (Fsp3) is 0.714. The lowest BCUT2D eigenvalue weighted by Crippen LogP contribution is -2.64. The van der Waals surface area contributed by atoms with Crippen LogP contribution in [0, 0.1) is 0 Å². The zero-order valence-corrected chi connectivity index (χ0v) is 16.4. The second kappa shape index (κ2) is 9.44. The molecule has 1 rings (SSSR count). The zero-order chi connectivity index (χ0) is 25.2. The van der Waals surface area contributed by atoms with E-state index in [1.807, 2.05) is 0 Å². The van der Waals surface area contributed by atoms with Crippen LogP contribution in [0.15, 0.2) is 12.4 Å². The van der Waals surface area contributed by atoms with Crippen LogP contribution >= 0.6 is 0 Å². The van der Waals surface area contributed by atoms with Crippen molar-refractivity contribution in [2.24, 2.45) is 0 Å². The molecule has 1 unspecified atom stereocenters. The number of rotatable bonds is 9. The quantitative estimate of drug-likeness (QED) is 0.150. The SMILES string of the molecule is C=C(F)C(=O)OC(OCCC(F)(F)C(F)(F)S(=O)(=O)[O-])(C(=O)N1CCOCC1)C(F)(F)F. The number of carbonyl (C=O) groups excluding carboxylic acids is 2. The van der Waals surface area contributed by atoms with Gasteiger partial charge < -0.3 is 23.7 Å². The van der Waals surface area contributed by atoms with Gasteiger partial charge in [-0.25, -0.2) is 13.2 Å². The van der Waals surface area contributed by atoms with E-state index in [2.05, 4.69) is 16.1 Å². The van der Waals surface area contributed by atoms with E-state index in [0.29, 0.717) is 4.90 Å². The second-order valence-electron chi connectivity index (χ2n) is 6.09. The summed E-state index contributed by atoms with van der Waals surface area (Å²) < 4.78 is 151. The van der Waals surface area contributed by atoms with Crippen LogP contribution in [0.2, 0.25) is 0 Å². The number of alkyl halides is 7. The molecule has 1 amide bonds. The standard InChI is InChI=1S/C14H15F8NO8S/c1-8(15)9(24)31-12(13(18,19)20,10(25)23-3-6-29-7-4-23)30-5-2-11(16,17)14(21,22)32(26,27)28/h1-7H2,(H,26,27,28)/p-1. The van der Waals surface area contributed by atoms with Crippen LogP contribution in [0.3, 0.4) is 0 Å². The Morgan fingerprint density at radius 3 is 1.97 bits per heavy atom. The van der Waals surface area contributed by atoms with Crippen LogP contribution < -0.4 is 0 Å². The van der Waals surface area contributed by atoms with E-state index < -0.39 is 77.1 Å². The van der Waals surface area contributed by atoms with Crippen molar-refractivity contribution in [2.75, 3.05) is 32.9 Å². The van der Waals surface area contributed by atoms with Gasteiger partial charge in [0.2, 0.25) is 5.83 Å².